The van der Waals surface area contributed by atoms with E-state index in [9.17, 15) is 4.39 Å². The van der Waals surface area contributed by atoms with Crippen molar-refractivity contribution in [3.63, 3.8) is 0 Å². The van der Waals surface area contributed by atoms with E-state index in [-0.39, 0.29) is 43.0 Å². The van der Waals surface area contributed by atoms with E-state index >= 15 is 0 Å². The fourth-order valence-electron chi connectivity index (χ4n) is 6.33. The third-order valence-corrected chi connectivity index (χ3v) is 8.60. The minimum atomic E-state index is -0.171. The molecule has 0 spiro atoms. The first-order valence-electron chi connectivity index (χ1n) is 14.1. The number of nitrogens with two attached hydrogens (primary N) is 1. The second-order valence-corrected chi connectivity index (χ2v) is 11.2. The minimum absolute atomic E-state index is 0. The van der Waals surface area contributed by atoms with Crippen molar-refractivity contribution in [2.45, 2.75) is 88.8 Å². The van der Waals surface area contributed by atoms with Crippen LogP contribution >= 0.6 is 37.2 Å². The summed E-state index contributed by atoms with van der Waals surface area (Å²) in [4.78, 5) is 14.5. The van der Waals surface area contributed by atoms with E-state index in [0.717, 1.165) is 69.2 Å². The van der Waals surface area contributed by atoms with Crippen molar-refractivity contribution in [3.05, 3.63) is 48.2 Å². The van der Waals surface area contributed by atoms with Crippen LogP contribution < -0.4 is 16.3 Å². The molecule has 6 rings (SSSR count). The number of rotatable bonds is 7. The zero-order valence-corrected chi connectivity index (χ0v) is 25.3. The fourth-order valence-corrected chi connectivity index (χ4v) is 6.33. The van der Waals surface area contributed by atoms with Crippen LogP contribution in [0.25, 0.3) is 11.2 Å². The summed E-state index contributed by atoms with van der Waals surface area (Å²) in [6.45, 7) is 1.85. The standard InChI is InChI=1S/C28H39FN8.3ClH/c29-22-7-5-20(6-8-22)17-21-13-15-35(16-14-21)37(34-24-11-9-23(30)10-12-24)28-31-18-26-27(33-28)36(19-32-26)25-3-1-2-4-25;;;/h5-8,18-19,21,23-25,34H,1-4,9-17,30H2;3*1H. The average molecular weight is 616 g/mol. The van der Waals surface area contributed by atoms with Gasteiger partial charge in [-0.1, -0.05) is 25.0 Å². The van der Waals surface area contributed by atoms with Crippen molar-refractivity contribution in [1.29, 1.82) is 0 Å². The Morgan fingerprint density at radius 3 is 2.25 bits per heavy atom. The molecule has 0 bridgehead atoms. The van der Waals surface area contributed by atoms with Gasteiger partial charge in [-0.05, 0) is 81.4 Å². The molecule has 0 atom stereocenters. The molecule has 0 amide bonds. The second kappa shape index (κ2) is 14.9. The summed E-state index contributed by atoms with van der Waals surface area (Å²) in [5, 5.41) is 4.49. The highest BCUT2D eigenvalue weighted by Gasteiger charge is 2.30. The molecule has 222 valence electrons. The molecule has 2 saturated carbocycles. The molecule has 1 saturated heterocycles. The highest BCUT2D eigenvalue weighted by atomic mass is 35.5. The molecule has 3 fully saturated rings. The van der Waals surface area contributed by atoms with Gasteiger partial charge in [0.2, 0.25) is 0 Å². The van der Waals surface area contributed by atoms with Crippen LogP contribution in [0, 0.1) is 11.7 Å². The Hall–Kier alpha value is -1.75. The van der Waals surface area contributed by atoms with Gasteiger partial charge in [0.1, 0.15) is 11.3 Å². The Kier molecular flexibility index (Phi) is 12.2. The smallest absolute Gasteiger partial charge is 0.257 e. The molecule has 12 heteroatoms. The Morgan fingerprint density at radius 1 is 0.900 bits per heavy atom. The van der Waals surface area contributed by atoms with E-state index in [1.54, 1.807) is 12.1 Å². The molecule has 1 aromatic carbocycles. The first kappa shape index (κ1) is 32.8. The number of hydrazine groups is 2. The molecule has 0 radical (unpaired) electrons. The van der Waals surface area contributed by atoms with Crippen LogP contribution in [0.2, 0.25) is 0 Å². The van der Waals surface area contributed by atoms with Crippen LogP contribution in [0.3, 0.4) is 0 Å². The van der Waals surface area contributed by atoms with Crippen LogP contribution in [-0.2, 0) is 6.42 Å². The predicted octanol–water partition coefficient (Wildman–Crippen LogP) is 5.80. The Balaban J connectivity index is 0.00000147. The van der Waals surface area contributed by atoms with Crippen LogP contribution in [0.15, 0.2) is 36.8 Å². The molecular weight excluding hydrogens is 574 g/mol. The summed E-state index contributed by atoms with van der Waals surface area (Å²) in [5.74, 6) is 1.11. The van der Waals surface area contributed by atoms with Gasteiger partial charge in [0.05, 0.1) is 12.5 Å². The molecule has 3 aromatic rings. The van der Waals surface area contributed by atoms with Crippen molar-refractivity contribution in [3.8, 4) is 0 Å². The van der Waals surface area contributed by atoms with Crippen LogP contribution in [-0.4, -0.2) is 49.7 Å². The highest BCUT2D eigenvalue weighted by Crippen LogP contribution is 2.32. The topological polar surface area (TPSA) is 88.1 Å². The van der Waals surface area contributed by atoms with Crippen molar-refractivity contribution < 1.29 is 4.39 Å². The van der Waals surface area contributed by atoms with Crippen molar-refractivity contribution in [2.24, 2.45) is 11.7 Å². The summed E-state index contributed by atoms with van der Waals surface area (Å²) in [5.41, 5.74) is 13.0. The van der Waals surface area contributed by atoms with Gasteiger partial charge in [-0.3, -0.25) is 0 Å². The number of piperidine rings is 1. The maximum absolute atomic E-state index is 13.3. The Morgan fingerprint density at radius 2 is 1.57 bits per heavy atom. The Labute approximate surface area is 254 Å². The summed E-state index contributed by atoms with van der Waals surface area (Å²) in [6, 6.07) is 8.11. The van der Waals surface area contributed by atoms with E-state index in [4.69, 9.17) is 15.7 Å². The summed E-state index contributed by atoms with van der Waals surface area (Å²) < 4.78 is 15.6. The number of imidazole rings is 1. The lowest BCUT2D eigenvalue weighted by atomic mass is 9.90. The van der Waals surface area contributed by atoms with Crippen molar-refractivity contribution >= 4 is 54.3 Å². The Bertz CT molecular complexity index is 1170. The number of benzene rings is 1. The molecule has 3 N–H and O–H groups in total. The largest absolute Gasteiger partial charge is 0.328 e. The number of nitrogens with zero attached hydrogens (tertiary/aromatic N) is 6. The first-order valence-corrected chi connectivity index (χ1v) is 14.1. The molecule has 2 aliphatic carbocycles. The normalized spacial score (nSPS) is 22.4. The van der Waals surface area contributed by atoms with Gasteiger partial charge in [-0.25, -0.2) is 29.9 Å². The lowest BCUT2D eigenvalue weighted by Gasteiger charge is -2.42. The SMILES string of the molecule is Cl.Cl.Cl.NC1CCC(NN(c2ncc3ncn(C4CCCC4)c3n2)N2CCC(Cc3ccc(F)cc3)CC2)CC1. The minimum Gasteiger partial charge on any atom is -0.328 e. The number of nitrogens with one attached hydrogen (secondary N) is 1. The first-order chi connectivity index (χ1) is 18.1. The lowest BCUT2D eigenvalue weighted by molar-refractivity contribution is 0.132. The molecule has 1 aliphatic heterocycles. The van der Waals surface area contributed by atoms with Gasteiger partial charge in [0, 0.05) is 31.2 Å². The fraction of sp³-hybridized carbons (Fsp3) is 0.607. The molecule has 3 aliphatic rings. The van der Waals surface area contributed by atoms with Crippen molar-refractivity contribution in [2.75, 3.05) is 18.2 Å². The lowest BCUT2D eigenvalue weighted by Crippen LogP contribution is -2.58. The van der Waals surface area contributed by atoms with Gasteiger partial charge in [0.15, 0.2) is 5.65 Å². The van der Waals surface area contributed by atoms with E-state index in [1.807, 2.05) is 24.7 Å². The molecule has 3 heterocycles. The molecule has 40 heavy (non-hydrogen) atoms. The second-order valence-electron chi connectivity index (χ2n) is 11.2. The van der Waals surface area contributed by atoms with Crippen LogP contribution in [0.4, 0.5) is 10.3 Å². The molecular formula is C28H42Cl3FN8. The highest BCUT2D eigenvalue weighted by molar-refractivity contribution is 5.86. The maximum Gasteiger partial charge on any atom is 0.257 e. The van der Waals surface area contributed by atoms with Crippen LogP contribution in [0.1, 0.15) is 75.8 Å². The zero-order chi connectivity index (χ0) is 25.2. The van der Waals surface area contributed by atoms with E-state index in [0.29, 0.717) is 30.0 Å². The molecule has 2 aromatic heterocycles. The third kappa shape index (κ3) is 7.55. The van der Waals surface area contributed by atoms with Gasteiger partial charge >= 0.3 is 0 Å². The quantitative estimate of drug-likeness (QED) is 0.325. The van der Waals surface area contributed by atoms with E-state index in [2.05, 4.69) is 25.1 Å². The number of hydrogen-bond donors (Lipinski definition) is 2. The summed E-state index contributed by atoms with van der Waals surface area (Å²) in [7, 11) is 0. The van der Waals surface area contributed by atoms with Crippen LogP contribution in [0.5, 0.6) is 0 Å². The van der Waals surface area contributed by atoms with Gasteiger partial charge in [-0.15, -0.1) is 37.2 Å². The van der Waals surface area contributed by atoms with E-state index < -0.39 is 0 Å². The summed E-state index contributed by atoms with van der Waals surface area (Å²) in [6.07, 6.45) is 16.1. The number of fused-ring (bicyclic) bond motifs is 1. The third-order valence-electron chi connectivity index (χ3n) is 8.60. The predicted molar refractivity (Wildman–Crippen MR) is 165 cm³/mol. The molecule has 8 nitrogen and oxygen atoms in total. The monoisotopic (exact) mass is 614 g/mol. The molecule has 0 unspecified atom stereocenters. The number of halogens is 4. The number of hydrogen-bond acceptors (Lipinski definition) is 7. The number of anilines is 1. The maximum atomic E-state index is 13.3. The van der Waals surface area contributed by atoms with Crippen molar-refractivity contribution in [1.82, 2.24) is 30.0 Å². The van der Waals surface area contributed by atoms with Gasteiger partial charge < -0.3 is 10.3 Å². The van der Waals surface area contributed by atoms with Gasteiger partial charge in [0.25, 0.3) is 5.95 Å². The van der Waals surface area contributed by atoms with Gasteiger partial charge in [-0.2, -0.15) is 4.98 Å². The zero-order valence-electron chi connectivity index (χ0n) is 22.8. The summed E-state index contributed by atoms with van der Waals surface area (Å²) >= 11 is 0. The number of aromatic nitrogens is 4. The van der Waals surface area contributed by atoms with E-state index in [1.165, 1.54) is 31.2 Å². The average Bonchev–Trinajstić information content (AvgIpc) is 3.60.